The number of aromatic hydroxyl groups is 1. The Morgan fingerprint density at radius 1 is 1.00 bits per heavy atom. The van der Waals surface area contributed by atoms with E-state index in [9.17, 15) is 9.50 Å². The van der Waals surface area contributed by atoms with Crippen molar-refractivity contribution in [2.45, 2.75) is 0 Å². The van der Waals surface area contributed by atoms with Crippen LogP contribution in [0.25, 0.3) is 56.0 Å². The quantitative estimate of drug-likeness (QED) is 0.396. The van der Waals surface area contributed by atoms with Crippen LogP contribution in [0.1, 0.15) is 0 Å². The molecule has 156 valence electrons. The van der Waals surface area contributed by atoms with Crippen molar-refractivity contribution < 1.29 is 9.50 Å². The van der Waals surface area contributed by atoms with Crippen LogP contribution in [0.4, 0.5) is 4.39 Å². The molecule has 6 aromatic rings. The Morgan fingerprint density at radius 3 is 2.72 bits per heavy atom. The maximum absolute atomic E-state index is 13.9. The zero-order valence-electron chi connectivity index (χ0n) is 16.7. The van der Waals surface area contributed by atoms with E-state index in [1.807, 2.05) is 19.3 Å². The number of nitrogens with one attached hydrogen (secondary N) is 2. The van der Waals surface area contributed by atoms with Crippen LogP contribution in [0.3, 0.4) is 0 Å². The average Bonchev–Trinajstić information content (AvgIpc) is 3.49. The maximum atomic E-state index is 13.9. The van der Waals surface area contributed by atoms with Crippen molar-refractivity contribution in [2.75, 3.05) is 0 Å². The molecule has 0 amide bonds. The molecule has 10 heteroatoms. The van der Waals surface area contributed by atoms with Gasteiger partial charge in [0.2, 0.25) is 0 Å². The third kappa shape index (κ3) is 2.88. The van der Waals surface area contributed by atoms with Crippen molar-refractivity contribution in [2.24, 2.45) is 7.05 Å². The van der Waals surface area contributed by atoms with E-state index < -0.39 is 5.82 Å². The molecule has 0 saturated heterocycles. The van der Waals surface area contributed by atoms with Gasteiger partial charge in [0.15, 0.2) is 17.1 Å². The molecule has 1 aromatic carbocycles. The van der Waals surface area contributed by atoms with Crippen LogP contribution in [0, 0.1) is 5.82 Å². The number of hydrogen-bond acceptors (Lipinski definition) is 6. The topological polar surface area (TPSA) is 121 Å². The van der Waals surface area contributed by atoms with Crippen LogP contribution >= 0.6 is 0 Å². The summed E-state index contributed by atoms with van der Waals surface area (Å²) in [7, 11) is 1.86. The van der Waals surface area contributed by atoms with Gasteiger partial charge in [-0.05, 0) is 29.8 Å². The number of fused-ring (bicyclic) bond motifs is 2. The molecule has 9 nitrogen and oxygen atoms in total. The lowest BCUT2D eigenvalue weighted by atomic mass is 10.1. The molecule has 0 saturated carbocycles. The first kappa shape index (κ1) is 18.2. The number of phenolic OH excluding ortho intramolecular Hbond substituents is 1. The van der Waals surface area contributed by atoms with Gasteiger partial charge in [-0.15, -0.1) is 0 Å². The number of H-pyrrole nitrogens is 2. The van der Waals surface area contributed by atoms with Crippen LogP contribution in [-0.4, -0.2) is 45.0 Å². The number of phenols is 1. The Labute approximate surface area is 179 Å². The summed E-state index contributed by atoms with van der Waals surface area (Å²) in [5, 5.41) is 22.1. The standard InChI is InChI=1S/C22H15FN8O/c1-31-10-13(9-26-31)12-6-17-19(29-30-20(17)25-8-12)22-27-18-16(2-3-24-21(18)28-22)11-4-14(23)7-15(32)5-11/h2-10,32H,1H3,(H,24,27,28)(H,25,29,30). The summed E-state index contributed by atoms with van der Waals surface area (Å²) in [5.41, 5.74) is 5.25. The van der Waals surface area contributed by atoms with Crippen LogP contribution in [-0.2, 0) is 7.05 Å². The largest absolute Gasteiger partial charge is 0.508 e. The summed E-state index contributed by atoms with van der Waals surface area (Å²) in [6.45, 7) is 0. The highest BCUT2D eigenvalue weighted by Crippen LogP contribution is 2.33. The van der Waals surface area contributed by atoms with Gasteiger partial charge in [-0.2, -0.15) is 10.2 Å². The fraction of sp³-hybridized carbons (Fsp3) is 0.0455. The highest BCUT2D eigenvalue weighted by atomic mass is 19.1. The summed E-state index contributed by atoms with van der Waals surface area (Å²) in [4.78, 5) is 16.7. The predicted octanol–water partition coefficient (Wildman–Crippen LogP) is 3.81. The number of hydrogen-bond donors (Lipinski definition) is 3. The minimum absolute atomic E-state index is 0.159. The zero-order chi connectivity index (χ0) is 21.8. The van der Waals surface area contributed by atoms with Crippen molar-refractivity contribution in [1.29, 1.82) is 0 Å². The molecule has 0 bridgehead atoms. The van der Waals surface area contributed by atoms with E-state index in [1.165, 1.54) is 12.1 Å². The molecule has 0 atom stereocenters. The normalized spacial score (nSPS) is 11.6. The van der Waals surface area contributed by atoms with E-state index in [1.54, 1.807) is 29.3 Å². The molecule has 0 unspecified atom stereocenters. The Kier molecular flexibility index (Phi) is 3.81. The number of nitrogens with zero attached hydrogens (tertiary/aromatic N) is 6. The molecule has 5 heterocycles. The molecule has 0 aliphatic heterocycles. The molecular formula is C22H15FN8O. The number of rotatable bonds is 3. The molecule has 0 aliphatic carbocycles. The second-order valence-corrected chi connectivity index (χ2v) is 7.43. The smallest absolute Gasteiger partial charge is 0.161 e. The SMILES string of the molecule is Cn1cc(-c2cnc3[nH]nc(-c4nc5c(-c6cc(O)cc(F)c6)ccnc5[nH]4)c3c2)cn1. The third-order valence-electron chi connectivity index (χ3n) is 5.26. The number of aryl methyl sites for hydroxylation is 1. The molecule has 0 fully saturated rings. The van der Waals surface area contributed by atoms with Gasteiger partial charge in [0.1, 0.15) is 22.8 Å². The molecule has 6 rings (SSSR count). The van der Waals surface area contributed by atoms with Gasteiger partial charge in [-0.25, -0.2) is 19.3 Å². The van der Waals surface area contributed by atoms with Crippen LogP contribution in [0.15, 0.2) is 55.1 Å². The summed E-state index contributed by atoms with van der Waals surface area (Å²) >= 11 is 0. The van der Waals surface area contributed by atoms with E-state index in [2.05, 4.69) is 30.2 Å². The van der Waals surface area contributed by atoms with E-state index in [4.69, 9.17) is 4.98 Å². The van der Waals surface area contributed by atoms with Crippen molar-refractivity contribution in [1.82, 2.24) is 39.9 Å². The van der Waals surface area contributed by atoms with Crippen molar-refractivity contribution >= 4 is 22.2 Å². The third-order valence-corrected chi connectivity index (χ3v) is 5.26. The molecular weight excluding hydrogens is 411 g/mol. The Bertz CT molecular complexity index is 1610. The number of benzene rings is 1. The van der Waals surface area contributed by atoms with Gasteiger partial charge in [0.25, 0.3) is 0 Å². The Balaban J connectivity index is 1.51. The van der Waals surface area contributed by atoms with Gasteiger partial charge in [0, 0.05) is 48.4 Å². The van der Waals surface area contributed by atoms with E-state index in [0.717, 1.165) is 22.6 Å². The van der Waals surface area contributed by atoms with E-state index >= 15 is 0 Å². The lowest BCUT2D eigenvalue weighted by molar-refractivity contribution is 0.469. The number of aromatic amines is 2. The van der Waals surface area contributed by atoms with E-state index in [0.29, 0.717) is 39.5 Å². The van der Waals surface area contributed by atoms with E-state index in [-0.39, 0.29) is 5.75 Å². The number of imidazole rings is 1. The predicted molar refractivity (Wildman–Crippen MR) is 116 cm³/mol. The first-order valence-electron chi connectivity index (χ1n) is 9.73. The number of pyridine rings is 2. The molecule has 0 aliphatic rings. The summed E-state index contributed by atoms with van der Waals surface area (Å²) in [5.74, 6) is -0.196. The van der Waals surface area contributed by atoms with Crippen LogP contribution in [0.2, 0.25) is 0 Å². The summed E-state index contributed by atoms with van der Waals surface area (Å²) in [6.07, 6.45) is 7.05. The summed E-state index contributed by atoms with van der Waals surface area (Å²) in [6, 6.07) is 7.59. The lowest BCUT2D eigenvalue weighted by Gasteiger charge is -2.03. The number of aromatic nitrogens is 8. The van der Waals surface area contributed by atoms with Gasteiger partial charge < -0.3 is 10.1 Å². The van der Waals surface area contributed by atoms with Crippen molar-refractivity contribution in [3.63, 3.8) is 0 Å². The van der Waals surface area contributed by atoms with Gasteiger partial charge in [-0.3, -0.25) is 9.78 Å². The average molecular weight is 426 g/mol. The maximum Gasteiger partial charge on any atom is 0.161 e. The highest BCUT2D eigenvalue weighted by molar-refractivity contribution is 5.96. The lowest BCUT2D eigenvalue weighted by Crippen LogP contribution is -1.85. The summed E-state index contributed by atoms with van der Waals surface area (Å²) < 4.78 is 15.6. The minimum Gasteiger partial charge on any atom is -0.508 e. The van der Waals surface area contributed by atoms with Crippen LogP contribution in [0.5, 0.6) is 5.75 Å². The van der Waals surface area contributed by atoms with Crippen LogP contribution < -0.4 is 0 Å². The first-order valence-corrected chi connectivity index (χ1v) is 9.73. The number of halogens is 1. The molecule has 3 N–H and O–H groups in total. The van der Waals surface area contributed by atoms with Crippen molar-refractivity contribution in [3.05, 3.63) is 60.9 Å². The fourth-order valence-corrected chi connectivity index (χ4v) is 3.80. The zero-order valence-corrected chi connectivity index (χ0v) is 16.7. The van der Waals surface area contributed by atoms with Crippen molar-refractivity contribution in [3.8, 4) is 39.5 Å². The van der Waals surface area contributed by atoms with Gasteiger partial charge >= 0.3 is 0 Å². The molecule has 5 aromatic heterocycles. The Morgan fingerprint density at radius 2 is 1.91 bits per heavy atom. The van der Waals surface area contributed by atoms with Gasteiger partial charge in [0.05, 0.1) is 11.6 Å². The molecule has 0 spiro atoms. The van der Waals surface area contributed by atoms with Gasteiger partial charge in [-0.1, -0.05) is 0 Å². The minimum atomic E-state index is -0.534. The molecule has 0 radical (unpaired) electrons. The second-order valence-electron chi connectivity index (χ2n) is 7.43. The monoisotopic (exact) mass is 426 g/mol. The first-order chi connectivity index (χ1) is 15.5. The highest BCUT2D eigenvalue weighted by Gasteiger charge is 2.17. The fourth-order valence-electron chi connectivity index (χ4n) is 3.80. The molecule has 32 heavy (non-hydrogen) atoms. The Hall–Kier alpha value is -4.60. The second kappa shape index (κ2) is 6.71.